The van der Waals surface area contributed by atoms with E-state index in [-0.39, 0.29) is 11.1 Å². The molecule has 1 N–H and O–H groups in total. The van der Waals surface area contributed by atoms with Crippen LogP contribution in [-0.4, -0.2) is 31.1 Å². The van der Waals surface area contributed by atoms with E-state index >= 15 is 0 Å². The van der Waals surface area contributed by atoms with E-state index < -0.39 is 5.82 Å². The topological polar surface area (TPSA) is 39.1 Å². The van der Waals surface area contributed by atoms with Crippen molar-refractivity contribution in [3.8, 4) is 6.07 Å². The van der Waals surface area contributed by atoms with Gasteiger partial charge in [-0.25, -0.2) is 4.39 Å². The summed E-state index contributed by atoms with van der Waals surface area (Å²) in [7, 11) is 4.17. The highest BCUT2D eigenvalue weighted by atomic mass is 19.1. The van der Waals surface area contributed by atoms with E-state index in [0.29, 0.717) is 5.69 Å². The van der Waals surface area contributed by atoms with Gasteiger partial charge in [-0.3, -0.25) is 0 Å². The highest BCUT2D eigenvalue weighted by Crippen LogP contribution is 2.34. The Balaban J connectivity index is 2.14. The molecule has 0 spiro atoms. The summed E-state index contributed by atoms with van der Waals surface area (Å²) >= 11 is 0. The van der Waals surface area contributed by atoms with E-state index in [1.54, 1.807) is 12.1 Å². The van der Waals surface area contributed by atoms with Crippen molar-refractivity contribution in [1.82, 2.24) is 4.90 Å². The summed E-state index contributed by atoms with van der Waals surface area (Å²) in [4.78, 5) is 2.25. The predicted octanol–water partition coefficient (Wildman–Crippen LogP) is 2.98. The molecule has 0 saturated heterocycles. The van der Waals surface area contributed by atoms with Crippen LogP contribution in [0.4, 0.5) is 10.1 Å². The lowest BCUT2D eigenvalue weighted by molar-refractivity contribution is 0.172. The zero-order valence-corrected chi connectivity index (χ0v) is 11.5. The Hall–Kier alpha value is -1.60. The van der Waals surface area contributed by atoms with Crippen LogP contribution in [0.25, 0.3) is 0 Å². The number of nitrogens with zero attached hydrogens (tertiary/aromatic N) is 2. The number of hydrogen-bond acceptors (Lipinski definition) is 3. The minimum atomic E-state index is -0.460. The Morgan fingerprint density at radius 1 is 1.37 bits per heavy atom. The molecule has 1 aliphatic rings. The van der Waals surface area contributed by atoms with E-state index in [9.17, 15) is 4.39 Å². The number of anilines is 1. The Bertz CT molecular complexity index is 485. The van der Waals surface area contributed by atoms with Crippen molar-refractivity contribution in [3.63, 3.8) is 0 Å². The first-order valence-corrected chi connectivity index (χ1v) is 6.69. The van der Waals surface area contributed by atoms with Crippen molar-refractivity contribution >= 4 is 5.69 Å². The molecule has 1 aromatic rings. The zero-order chi connectivity index (χ0) is 13.9. The molecular weight excluding hydrogens is 241 g/mol. The van der Waals surface area contributed by atoms with E-state index in [1.165, 1.54) is 18.9 Å². The fourth-order valence-electron chi connectivity index (χ4n) is 2.86. The summed E-state index contributed by atoms with van der Waals surface area (Å²) in [6.07, 6.45) is 4.75. The summed E-state index contributed by atoms with van der Waals surface area (Å²) in [5, 5.41) is 12.3. The van der Waals surface area contributed by atoms with Crippen LogP contribution in [0.15, 0.2) is 18.2 Å². The van der Waals surface area contributed by atoms with Crippen molar-refractivity contribution in [2.75, 3.05) is 26.0 Å². The number of hydrogen-bond donors (Lipinski definition) is 1. The van der Waals surface area contributed by atoms with Gasteiger partial charge in [0.2, 0.25) is 0 Å². The summed E-state index contributed by atoms with van der Waals surface area (Å²) in [5.74, 6) is -0.460. The van der Waals surface area contributed by atoms with Crippen LogP contribution < -0.4 is 5.32 Å². The summed E-state index contributed by atoms with van der Waals surface area (Å²) in [6, 6.07) is 6.65. The molecule has 0 aliphatic heterocycles. The van der Waals surface area contributed by atoms with Gasteiger partial charge in [-0.05, 0) is 39.1 Å². The van der Waals surface area contributed by atoms with Gasteiger partial charge in [-0.15, -0.1) is 0 Å². The average molecular weight is 261 g/mol. The largest absolute Gasteiger partial charge is 0.382 e. The second kappa shape index (κ2) is 5.58. The summed E-state index contributed by atoms with van der Waals surface area (Å²) in [6.45, 7) is 0.748. The molecule has 1 saturated carbocycles. The molecule has 0 unspecified atom stereocenters. The van der Waals surface area contributed by atoms with Crippen LogP contribution in [0.1, 0.15) is 31.2 Å². The monoisotopic (exact) mass is 261 g/mol. The maximum atomic E-state index is 13.5. The van der Waals surface area contributed by atoms with Crippen LogP contribution in [0.2, 0.25) is 0 Å². The number of halogens is 1. The molecule has 0 amide bonds. The molecule has 0 radical (unpaired) electrons. The van der Waals surface area contributed by atoms with E-state index in [2.05, 4.69) is 24.3 Å². The number of benzene rings is 1. The molecular formula is C15H20FN3. The van der Waals surface area contributed by atoms with Crippen LogP contribution in [0.5, 0.6) is 0 Å². The van der Waals surface area contributed by atoms with Crippen molar-refractivity contribution in [1.29, 1.82) is 5.26 Å². The average Bonchev–Trinajstić information content (AvgIpc) is 2.86. The molecule has 4 heteroatoms. The highest BCUT2D eigenvalue weighted by Gasteiger charge is 2.35. The second-order valence-electron chi connectivity index (χ2n) is 5.45. The molecule has 102 valence electrons. The van der Waals surface area contributed by atoms with Gasteiger partial charge in [0.1, 0.15) is 17.4 Å². The molecule has 0 bridgehead atoms. The zero-order valence-electron chi connectivity index (χ0n) is 11.5. The van der Waals surface area contributed by atoms with Gasteiger partial charge < -0.3 is 10.2 Å². The van der Waals surface area contributed by atoms with Crippen molar-refractivity contribution in [2.45, 2.75) is 31.2 Å². The third-order valence-electron chi connectivity index (χ3n) is 4.22. The maximum Gasteiger partial charge on any atom is 0.143 e. The molecule has 19 heavy (non-hydrogen) atoms. The van der Waals surface area contributed by atoms with Gasteiger partial charge in [0, 0.05) is 12.1 Å². The normalized spacial score (nSPS) is 17.4. The number of nitriles is 1. The summed E-state index contributed by atoms with van der Waals surface area (Å²) < 4.78 is 13.5. The van der Waals surface area contributed by atoms with E-state index in [1.807, 2.05) is 6.07 Å². The maximum absolute atomic E-state index is 13.5. The smallest absolute Gasteiger partial charge is 0.143 e. The predicted molar refractivity (Wildman–Crippen MR) is 74.5 cm³/mol. The van der Waals surface area contributed by atoms with Crippen LogP contribution in [0, 0.1) is 17.1 Å². The second-order valence-corrected chi connectivity index (χ2v) is 5.45. The summed E-state index contributed by atoms with van der Waals surface area (Å²) in [5.41, 5.74) is 0.823. The molecule has 0 atom stereocenters. The lowest BCUT2D eigenvalue weighted by Crippen LogP contribution is -2.47. The molecule has 1 fully saturated rings. The van der Waals surface area contributed by atoms with Gasteiger partial charge in [0.15, 0.2) is 0 Å². The van der Waals surface area contributed by atoms with Gasteiger partial charge in [0.25, 0.3) is 0 Å². The van der Waals surface area contributed by atoms with Crippen LogP contribution >= 0.6 is 0 Å². The van der Waals surface area contributed by atoms with E-state index in [4.69, 9.17) is 5.26 Å². The van der Waals surface area contributed by atoms with Crippen LogP contribution in [-0.2, 0) is 0 Å². The van der Waals surface area contributed by atoms with Crippen molar-refractivity contribution in [3.05, 3.63) is 29.6 Å². The minimum absolute atomic E-state index is 0.106. The number of nitrogens with one attached hydrogen (secondary N) is 1. The highest BCUT2D eigenvalue weighted by molar-refractivity contribution is 5.58. The molecule has 1 aromatic carbocycles. The Morgan fingerprint density at radius 3 is 2.63 bits per heavy atom. The first kappa shape index (κ1) is 13.8. The lowest BCUT2D eigenvalue weighted by Gasteiger charge is -2.37. The van der Waals surface area contributed by atoms with Gasteiger partial charge >= 0.3 is 0 Å². The molecule has 2 rings (SSSR count). The van der Waals surface area contributed by atoms with Crippen molar-refractivity contribution in [2.24, 2.45) is 0 Å². The molecule has 1 aliphatic carbocycles. The standard InChI is InChI=1S/C15H20FN3/c1-19(2)15(8-3-4-9-15)11-18-14-7-5-6-13(16)12(14)10-17/h5-7,18H,3-4,8-9,11H2,1-2H3. The molecule has 3 nitrogen and oxygen atoms in total. The van der Waals surface area contributed by atoms with Crippen LogP contribution in [0.3, 0.4) is 0 Å². The fraction of sp³-hybridized carbons (Fsp3) is 0.533. The SMILES string of the molecule is CN(C)C1(CNc2cccc(F)c2C#N)CCCC1. The fourth-order valence-corrected chi connectivity index (χ4v) is 2.86. The Kier molecular flexibility index (Phi) is 4.06. The molecule has 0 aromatic heterocycles. The van der Waals surface area contributed by atoms with Gasteiger partial charge in [0.05, 0.1) is 5.69 Å². The Labute approximate surface area is 114 Å². The van der Waals surface area contributed by atoms with Gasteiger partial charge in [-0.1, -0.05) is 18.9 Å². The Morgan fingerprint density at radius 2 is 2.05 bits per heavy atom. The quantitative estimate of drug-likeness (QED) is 0.905. The minimum Gasteiger partial charge on any atom is -0.382 e. The molecule has 0 heterocycles. The third-order valence-corrected chi connectivity index (χ3v) is 4.22. The van der Waals surface area contributed by atoms with E-state index in [0.717, 1.165) is 19.4 Å². The first-order chi connectivity index (χ1) is 9.09. The lowest BCUT2D eigenvalue weighted by atomic mass is 9.95. The van der Waals surface area contributed by atoms with Crippen molar-refractivity contribution < 1.29 is 4.39 Å². The number of rotatable bonds is 4. The first-order valence-electron chi connectivity index (χ1n) is 6.69. The third kappa shape index (κ3) is 2.71. The van der Waals surface area contributed by atoms with Gasteiger partial charge in [-0.2, -0.15) is 5.26 Å². The number of likely N-dealkylation sites (N-methyl/N-ethyl adjacent to an activating group) is 1.